The lowest BCUT2D eigenvalue weighted by atomic mass is 9.87. The van der Waals surface area contributed by atoms with Gasteiger partial charge in [0.15, 0.2) is 6.04 Å². The zero-order valence-corrected chi connectivity index (χ0v) is 20.9. The van der Waals surface area contributed by atoms with Crippen LogP contribution in [0.3, 0.4) is 0 Å². The second-order valence-corrected chi connectivity index (χ2v) is 9.50. The minimum atomic E-state index is -2.91. The van der Waals surface area contributed by atoms with E-state index in [1.807, 2.05) is 0 Å². The van der Waals surface area contributed by atoms with E-state index >= 15 is 0 Å². The Balaban J connectivity index is 1.60. The zero-order chi connectivity index (χ0) is 27.7. The fourth-order valence-electron chi connectivity index (χ4n) is 4.57. The van der Waals surface area contributed by atoms with E-state index in [4.69, 9.17) is 16.3 Å². The van der Waals surface area contributed by atoms with Gasteiger partial charge in [0.2, 0.25) is 11.9 Å². The summed E-state index contributed by atoms with van der Waals surface area (Å²) in [7, 11) is 0. The van der Waals surface area contributed by atoms with Crippen molar-refractivity contribution in [2.75, 3.05) is 16.4 Å². The van der Waals surface area contributed by atoms with E-state index < -0.39 is 67.2 Å². The Morgan fingerprint density at radius 2 is 1.82 bits per heavy atom. The van der Waals surface area contributed by atoms with Gasteiger partial charge in [-0.3, -0.25) is 14.5 Å². The van der Waals surface area contributed by atoms with E-state index in [9.17, 15) is 27.6 Å². The van der Waals surface area contributed by atoms with Crippen LogP contribution in [0, 0.1) is 5.82 Å². The number of halogens is 4. The van der Waals surface area contributed by atoms with Gasteiger partial charge >= 0.3 is 6.09 Å². The molecule has 0 spiro atoms. The summed E-state index contributed by atoms with van der Waals surface area (Å²) in [6.07, 6.45) is 0.717. The van der Waals surface area contributed by atoms with E-state index in [0.717, 1.165) is 21.9 Å². The molecule has 1 N–H and O–H groups in total. The molecule has 2 fully saturated rings. The molecule has 1 aliphatic carbocycles. The number of nitrogens with one attached hydrogen (secondary N) is 1. The highest BCUT2D eigenvalue weighted by Gasteiger charge is 2.49. The first-order chi connectivity index (χ1) is 18.6. The predicted molar refractivity (Wildman–Crippen MR) is 134 cm³/mol. The Bertz CT molecular complexity index is 1410. The van der Waals surface area contributed by atoms with Crippen molar-refractivity contribution in [2.45, 2.75) is 36.9 Å². The molecule has 0 bridgehead atoms. The van der Waals surface area contributed by atoms with Gasteiger partial charge < -0.3 is 10.1 Å². The Morgan fingerprint density at radius 3 is 2.49 bits per heavy atom. The number of anilines is 2. The SMILES string of the molecule is O=C(NC1CC(F)(F)C1)[C@@H](c1ccccc1Cl)N(C(=O)C1COC(=O)N1c1ncccn1)c1cccc(F)c1. The van der Waals surface area contributed by atoms with Gasteiger partial charge in [-0.15, -0.1) is 0 Å². The van der Waals surface area contributed by atoms with Crippen LogP contribution in [0.1, 0.15) is 24.4 Å². The van der Waals surface area contributed by atoms with Crippen LogP contribution in [-0.2, 0) is 14.3 Å². The second kappa shape index (κ2) is 10.5. The van der Waals surface area contributed by atoms with Crippen LogP contribution in [0.4, 0.5) is 29.6 Å². The highest BCUT2D eigenvalue weighted by Crippen LogP contribution is 2.39. The van der Waals surface area contributed by atoms with Gasteiger partial charge in [-0.05, 0) is 30.3 Å². The first-order valence-electron chi connectivity index (χ1n) is 11.9. The molecule has 3 aromatic rings. The van der Waals surface area contributed by atoms with Crippen LogP contribution in [0.25, 0.3) is 0 Å². The smallest absolute Gasteiger partial charge is 0.417 e. The topological polar surface area (TPSA) is 105 Å². The van der Waals surface area contributed by atoms with Crippen molar-refractivity contribution in [1.29, 1.82) is 0 Å². The Morgan fingerprint density at radius 1 is 1.10 bits per heavy atom. The number of nitrogens with zero attached hydrogens (tertiary/aromatic N) is 4. The fraction of sp³-hybridized carbons (Fsp3) is 0.269. The number of hydrogen-bond acceptors (Lipinski definition) is 6. The fourth-order valence-corrected chi connectivity index (χ4v) is 4.81. The van der Waals surface area contributed by atoms with Gasteiger partial charge in [0.05, 0.1) is 0 Å². The van der Waals surface area contributed by atoms with Crippen molar-refractivity contribution in [3.63, 3.8) is 0 Å². The van der Waals surface area contributed by atoms with Gasteiger partial charge in [-0.2, -0.15) is 0 Å². The van der Waals surface area contributed by atoms with Gasteiger partial charge in [0, 0.05) is 47.6 Å². The minimum Gasteiger partial charge on any atom is -0.446 e. The first-order valence-corrected chi connectivity index (χ1v) is 12.3. The molecule has 1 unspecified atom stereocenters. The number of carbonyl (C=O) groups is 3. The molecule has 2 heterocycles. The maximum absolute atomic E-state index is 14.4. The number of aromatic nitrogens is 2. The summed E-state index contributed by atoms with van der Waals surface area (Å²) in [4.78, 5) is 50.5. The number of amides is 3. The summed E-state index contributed by atoms with van der Waals surface area (Å²) in [5.41, 5.74) is 0.125. The van der Waals surface area contributed by atoms with Gasteiger partial charge in [-0.25, -0.2) is 32.8 Å². The largest absolute Gasteiger partial charge is 0.446 e. The van der Waals surface area contributed by atoms with E-state index in [-0.39, 0.29) is 22.2 Å². The molecule has 0 radical (unpaired) electrons. The summed E-state index contributed by atoms with van der Waals surface area (Å²) in [6, 6.07) is 8.93. The van der Waals surface area contributed by atoms with E-state index in [0.29, 0.717) is 0 Å². The molecule has 202 valence electrons. The molecular formula is C26H21ClF3N5O4. The predicted octanol–water partition coefficient (Wildman–Crippen LogP) is 4.28. The first kappa shape index (κ1) is 26.4. The lowest BCUT2D eigenvalue weighted by Crippen LogP contribution is -2.56. The quantitative estimate of drug-likeness (QED) is 0.463. The van der Waals surface area contributed by atoms with Crippen molar-refractivity contribution in [3.05, 3.63) is 83.4 Å². The summed E-state index contributed by atoms with van der Waals surface area (Å²) < 4.78 is 46.6. The molecule has 1 aromatic heterocycles. The lowest BCUT2D eigenvalue weighted by molar-refractivity contribution is -0.133. The third-order valence-electron chi connectivity index (χ3n) is 6.39. The molecule has 3 amide bonds. The van der Waals surface area contributed by atoms with Crippen LogP contribution >= 0.6 is 11.6 Å². The van der Waals surface area contributed by atoms with Gasteiger partial charge in [0.25, 0.3) is 11.8 Å². The maximum atomic E-state index is 14.4. The molecule has 2 aromatic carbocycles. The van der Waals surface area contributed by atoms with E-state index in [1.54, 1.807) is 12.1 Å². The average molecular weight is 560 g/mol. The van der Waals surface area contributed by atoms with Crippen molar-refractivity contribution >= 4 is 41.1 Å². The molecule has 1 saturated carbocycles. The molecule has 2 aliphatic rings. The standard InChI is InChI=1S/C26H21ClF3N5O4/c27-19-8-2-1-7-18(19)21(22(36)33-16-12-26(29,30)13-16)34(17-6-3-5-15(28)11-17)23(37)20-14-39-25(38)35(20)24-31-9-4-10-32-24/h1-11,16,20-21H,12-14H2,(H,33,36)/t20?,21-/m1/s1. The molecule has 1 aliphatic heterocycles. The number of hydrogen-bond donors (Lipinski definition) is 1. The number of alkyl halides is 2. The molecule has 5 rings (SSSR count). The van der Waals surface area contributed by atoms with Crippen molar-refractivity contribution in [2.24, 2.45) is 0 Å². The van der Waals surface area contributed by atoms with Crippen LogP contribution < -0.4 is 15.1 Å². The van der Waals surface area contributed by atoms with E-state index in [1.165, 1.54) is 42.7 Å². The number of ether oxygens (including phenoxy) is 1. The normalized spacial score (nSPS) is 19.1. The maximum Gasteiger partial charge on any atom is 0.417 e. The van der Waals surface area contributed by atoms with Gasteiger partial charge in [-0.1, -0.05) is 35.9 Å². The van der Waals surface area contributed by atoms with Crippen molar-refractivity contribution in [3.8, 4) is 0 Å². The summed E-state index contributed by atoms with van der Waals surface area (Å²) in [5.74, 6) is -5.38. The molecule has 13 heteroatoms. The van der Waals surface area contributed by atoms with E-state index in [2.05, 4.69) is 15.3 Å². The van der Waals surface area contributed by atoms with Crippen LogP contribution in [-0.4, -0.2) is 52.5 Å². The highest BCUT2D eigenvalue weighted by molar-refractivity contribution is 6.31. The molecular weight excluding hydrogens is 539 g/mol. The highest BCUT2D eigenvalue weighted by atomic mass is 35.5. The monoisotopic (exact) mass is 559 g/mol. The lowest BCUT2D eigenvalue weighted by Gasteiger charge is -2.39. The average Bonchev–Trinajstić information content (AvgIpc) is 3.28. The van der Waals surface area contributed by atoms with Crippen LogP contribution in [0.2, 0.25) is 5.02 Å². The zero-order valence-electron chi connectivity index (χ0n) is 20.1. The number of cyclic esters (lactones) is 1. The molecule has 39 heavy (non-hydrogen) atoms. The Hall–Kier alpha value is -4.19. The molecule has 2 atom stereocenters. The van der Waals surface area contributed by atoms with Gasteiger partial charge in [0.1, 0.15) is 18.5 Å². The Labute approximate surface area is 225 Å². The summed E-state index contributed by atoms with van der Waals surface area (Å²) in [5, 5.41) is 2.66. The minimum absolute atomic E-state index is 0.0349. The third-order valence-corrected chi connectivity index (χ3v) is 6.74. The van der Waals surface area contributed by atoms with Crippen LogP contribution in [0.15, 0.2) is 67.0 Å². The van der Waals surface area contributed by atoms with Crippen molar-refractivity contribution in [1.82, 2.24) is 15.3 Å². The summed E-state index contributed by atoms with van der Waals surface area (Å²) >= 11 is 6.45. The number of rotatable bonds is 7. The second-order valence-electron chi connectivity index (χ2n) is 9.09. The third kappa shape index (κ3) is 5.37. The van der Waals surface area contributed by atoms with Crippen LogP contribution in [0.5, 0.6) is 0 Å². The van der Waals surface area contributed by atoms with Crippen molar-refractivity contribution < 1.29 is 32.3 Å². The molecule has 9 nitrogen and oxygen atoms in total. The number of carbonyl (C=O) groups excluding carboxylic acids is 3. The molecule has 1 saturated heterocycles. The number of benzene rings is 2. The summed E-state index contributed by atoms with van der Waals surface area (Å²) in [6.45, 7) is -0.409. The Kier molecular flexibility index (Phi) is 7.13.